The number of halogens is 2. The first kappa shape index (κ1) is 21.0. The number of hydrogen-bond acceptors (Lipinski definition) is 6. The number of hydrogen-bond donors (Lipinski definition) is 1. The molecule has 156 valence electrons. The Hall–Kier alpha value is -2.71. The summed E-state index contributed by atoms with van der Waals surface area (Å²) in [6.07, 6.45) is -1.44. The van der Waals surface area contributed by atoms with Crippen molar-refractivity contribution in [3.05, 3.63) is 35.7 Å². The van der Waals surface area contributed by atoms with Crippen molar-refractivity contribution in [3.8, 4) is 6.07 Å². The molecule has 11 heteroatoms. The van der Waals surface area contributed by atoms with Gasteiger partial charge in [-0.2, -0.15) is 13.7 Å². The molecule has 1 aromatic carbocycles. The van der Waals surface area contributed by atoms with Gasteiger partial charge < -0.3 is 9.64 Å². The maximum atomic E-state index is 14.7. The molecule has 8 nitrogen and oxygen atoms in total. The Bertz CT molecular complexity index is 976. The van der Waals surface area contributed by atoms with Crippen molar-refractivity contribution >= 4 is 27.6 Å². The van der Waals surface area contributed by atoms with Crippen molar-refractivity contribution in [3.63, 3.8) is 0 Å². The van der Waals surface area contributed by atoms with Crippen LogP contribution in [-0.4, -0.2) is 56.7 Å². The molecule has 0 spiro atoms. The highest BCUT2D eigenvalue weighted by Gasteiger charge is 2.34. The van der Waals surface area contributed by atoms with Crippen LogP contribution < -0.4 is 9.80 Å². The number of anilines is 2. The zero-order valence-electron chi connectivity index (χ0n) is 15.3. The van der Waals surface area contributed by atoms with E-state index < -0.39 is 40.1 Å². The van der Waals surface area contributed by atoms with Crippen LogP contribution in [0.1, 0.15) is 12.8 Å². The standard InChI is InChI=1S/C18H19F2N3O5S/c19-15-9-13(23-10-14(28-18(23)24)5-8-29(25,26)27)1-2-17(15)22-7-4-12(3-6-21)16(20)11-22/h1-3,9,14,16H,4-5,7-8,10-11H2,(H,25,26,27)/b12-3-. The number of amides is 1. The molecular weight excluding hydrogens is 408 g/mol. The van der Waals surface area contributed by atoms with E-state index in [1.807, 2.05) is 0 Å². The minimum Gasteiger partial charge on any atom is -0.444 e. The number of carbonyl (C=O) groups is 1. The van der Waals surface area contributed by atoms with Gasteiger partial charge in [0, 0.05) is 19.0 Å². The van der Waals surface area contributed by atoms with Gasteiger partial charge in [0.2, 0.25) is 0 Å². The highest BCUT2D eigenvalue weighted by Crippen LogP contribution is 2.31. The monoisotopic (exact) mass is 427 g/mol. The Morgan fingerprint density at radius 1 is 1.38 bits per heavy atom. The topological polar surface area (TPSA) is 111 Å². The number of alkyl halides is 1. The number of ether oxygens (including phenoxy) is 1. The third kappa shape index (κ3) is 5.02. The van der Waals surface area contributed by atoms with Gasteiger partial charge in [-0.05, 0) is 30.2 Å². The van der Waals surface area contributed by atoms with E-state index in [0.717, 1.165) is 6.07 Å². The number of nitriles is 1. The Balaban J connectivity index is 1.69. The van der Waals surface area contributed by atoms with Crippen LogP contribution in [0.5, 0.6) is 0 Å². The van der Waals surface area contributed by atoms with Crippen LogP contribution in [-0.2, 0) is 14.9 Å². The number of allylic oxidation sites excluding steroid dienone is 1. The van der Waals surface area contributed by atoms with E-state index in [1.54, 1.807) is 6.07 Å². The summed E-state index contributed by atoms with van der Waals surface area (Å²) in [6, 6.07) is 5.88. The Labute approximate surface area is 166 Å². The third-order valence-corrected chi connectivity index (χ3v) is 5.61. The molecule has 0 aromatic heterocycles. The molecule has 2 unspecified atom stereocenters. The normalized spacial score (nSPS) is 23.9. The number of piperidine rings is 1. The summed E-state index contributed by atoms with van der Waals surface area (Å²) in [6.45, 7) is 0.298. The maximum Gasteiger partial charge on any atom is 0.414 e. The summed E-state index contributed by atoms with van der Waals surface area (Å²) >= 11 is 0. The van der Waals surface area contributed by atoms with E-state index in [9.17, 15) is 22.0 Å². The second-order valence-corrected chi connectivity index (χ2v) is 8.41. The highest BCUT2D eigenvalue weighted by atomic mass is 32.2. The van der Waals surface area contributed by atoms with Crippen LogP contribution in [0.4, 0.5) is 25.0 Å². The van der Waals surface area contributed by atoms with Crippen LogP contribution in [0.15, 0.2) is 29.8 Å². The SMILES string of the molecule is N#C/C=C1/CCN(c2ccc(N3CC(CCS(=O)(=O)O)OC3=O)cc2F)CC1F. The maximum absolute atomic E-state index is 14.7. The van der Waals surface area contributed by atoms with Crippen LogP contribution in [0, 0.1) is 17.1 Å². The van der Waals surface area contributed by atoms with E-state index >= 15 is 0 Å². The lowest BCUT2D eigenvalue weighted by Crippen LogP contribution is -2.38. The Kier molecular flexibility index (Phi) is 6.04. The molecule has 2 heterocycles. The van der Waals surface area contributed by atoms with Gasteiger partial charge in [0.05, 0.1) is 36.3 Å². The molecule has 29 heavy (non-hydrogen) atoms. The summed E-state index contributed by atoms with van der Waals surface area (Å²) in [7, 11) is -4.18. The van der Waals surface area contributed by atoms with Gasteiger partial charge in [-0.25, -0.2) is 13.6 Å². The average molecular weight is 427 g/mol. The minimum atomic E-state index is -4.18. The second kappa shape index (κ2) is 8.34. The van der Waals surface area contributed by atoms with Gasteiger partial charge in [0.15, 0.2) is 0 Å². The summed E-state index contributed by atoms with van der Waals surface area (Å²) in [5.41, 5.74) is 0.795. The van der Waals surface area contributed by atoms with Crippen LogP contribution in [0.3, 0.4) is 0 Å². The molecule has 1 amide bonds. The molecule has 3 rings (SSSR count). The van der Waals surface area contributed by atoms with Gasteiger partial charge in [0.25, 0.3) is 10.1 Å². The van der Waals surface area contributed by atoms with Crippen molar-refractivity contribution in [1.29, 1.82) is 5.26 Å². The smallest absolute Gasteiger partial charge is 0.414 e. The van der Waals surface area contributed by atoms with Crippen LogP contribution in [0.2, 0.25) is 0 Å². The molecule has 2 aliphatic rings. The first-order valence-electron chi connectivity index (χ1n) is 8.88. The molecule has 1 N–H and O–H groups in total. The fraction of sp³-hybridized carbons (Fsp3) is 0.444. The lowest BCUT2D eigenvalue weighted by atomic mass is 10.0. The first-order valence-corrected chi connectivity index (χ1v) is 10.5. The van der Waals surface area contributed by atoms with E-state index in [2.05, 4.69) is 0 Å². The van der Waals surface area contributed by atoms with Gasteiger partial charge in [0.1, 0.15) is 18.1 Å². The van der Waals surface area contributed by atoms with Crippen LogP contribution >= 0.6 is 0 Å². The second-order valence-electron chi connectivity index (χ2n) is 6.84. The molecule has 2 fully saturated rings. The lowest BCUT2D eigenvalue weighted by Gasteiger charge is -2.32. The van der Waals surface area contributed by atoms with Crippen LogP contribution in [0.25, 0.3) is 0 Å². The van der Waals surface area contributed by atoms with Crippen molar-refractivity contribution in [2.24, 2.45) is 0 Å². The average Bonchev–Trinajstić information content (AvgIpc) is 3.02. The molecular formula is C18H19F2N3O5S. The molecule has 0 radical (unpaired) electrons. The number of cyclic esters (lactones) is 1. The predicted molar refractivity (Wildman–Crippen MR) is 100 cm³/mol. The fourth-order valence-electron chi connectivity index (χ4n) is 3.37. The van der Waals surface area contributed by atoms with Crippen molar-refractivity contribution in [1.82, 2.24) is 0 Å². The fourth-order valence-corrected chi connectivity index (χ4v) is 3.93. The Morgan fingerprint density at radius 2 is 2.14 bits per heavy atom. The molecule has 1 aromatic rings. The number of carbonyl (C=O) groups excluding carboxylic acids is 1. The zero-order chi connectivity index (χ0) is 21.2. The third-order valence-electron chi connectivity index (χ3n) is 4.86. The van der Waals surface area contributed by atoms with Gasteiger partial charge in [-0.15, -0.1) is 0 Å². The van der Waals surface area contributed by atoms with Crippen molar-refractivity contribution in [2.45, 2.75) is 25.1 Å². The molecule has 0 saturated carbocycles. The quantitative estimate of drug-likeness (QED) is 0.567. The molecule has 0 aliphatic carbocycles. The van der Waals surface area contributed by atoms with Crippen molar-refractivity contribution < 1.29 is 31.3 Å². The first-order chi connectivity index (χ1) is 13.7. The minimum absolute atomic E-state index is 0.0196. The number of rotatable bonds is 5. The highest BCUT2D eigenvalue weighted by molar-refractivity contribution is 7.85. The molecule has 2 saturated heterocycles. The van der Waals surface area contributed by atoms with Gasteiger partial charge in [-0.3, -0.25) is 9.45 Å². The molecule has 0 bridgehead atoms. The van der Waals surface area contributed by atoms with E-state index in [4.69, 9.17) is 14.6 Å². The summed E-state index contributed by atoms with van der Waals surface area (Å²) < 4.78 is 64.4. The lowest BCUT2D eigenvalue weighted by molar-refractivity contribution is 0.139. The molecule has 2 atom stereocenters. The van der Waals surface area contributed by atoms with E-state index in [0.29, 0.717) is 18.5 Å². The number of nitrogens with zero attached hydrogens (tertiary/aromatic N) is 3. The largest absolute Gasteiger partial charge is 0.444 e. The van der Waals surface area contributed by atoms with Crippen molar-refractivity contribution in [2.75, 3.05) is 35.2 Å². The Morgan fingerprint density at radius 3 is 2.76 bits per heavy atom. The summed E-state index contributed by atoms with van der Waals surface area (Å²) in [5.74, 6) is -1.19. The summed E-state index contributed by atoms with van der Waals surface area (Å²) in [4.78, 5) is 14.7. The van der Waals surface area contributed by atoms with Gasteiger partial charge >= 0.3 is 6.09 Å². The van der Waals surface area contributed by atoms with E-state index in [1.165, 1.54) is 28.0 Å². The van der Waals surface area contributed by atoms with E-state index in [-0.39, 0.29) is 30.9 Å². The zero-order valence-corrected chi connectivity index (χ0v) is 16.1. The molecule has 2 aliphatic heterocycles. The number of benzene rings is 1. The summed E-state index contributed by atoms with van der Waals surface area (Å²) in [5, 5.41) is 8.66. The predicted octanol–water partition coefficient (Wildman–Crippen LogP) is 2.43. The van der Waals surface area contributed by atoms with Gasteiger partial charge in [-0.1, -0.05) is 0 Å².